The highest BCUT2D eigenvalue weighted by molar-refractivity contribution is 6.33. The van der Waals surface area contributed by atoms with E-state index < -0.39 is 5.97 Å². The van der Waals surface area contributed by atoms with Crippen molar-refractivity contribution in [3.05, 3.63) is 22.7 Å². The molecule has 0 spiro atoms. The Hall–Kier alpha value is -1.75. The lowest BCUT2D eigenvalue weighted by Crippen LogP contribution is -2.15. The molecule has 6 heteroatoms. The van der Waals surface area contributed by atoms with Crippen LogP contribution in [0.1, 0.15) is 17.3 Å². The molecular weight excluding hydrogens is 260 g/mol. The molecular formula is C12H13ClO5. The summed E-state index contributed by atoms with van der Waals surface area (Å²) in [6.07, 6.45) is 0.611. The molecule has 0 bridgehead atoms. The zero-order chi connectivity index (χ0) is 13.5. The SMILES string of the molecule is CCOC(=O)COc1cc(Cl)c(C=O)cc1OC. The summed E-state index contributed by atoms with van der Waals surface area (Å²) in [5, 5.41) is 0.227. The first-order valence-corrected chi connectivity index (χ1v) is 5.61. The maximum absolute atomic E-state index is 11.1. The van der Waals surface area contributed by atoms with Crippen LogP contribution in [0.4, 0.5) is 0 Å². The van der Waals surface area contributed by atoms with Gasteiger partial charge in [-0.3, -0.25) is 4.79 Å². The molecule has 1 rings (SSSR count). The Bertz CT molecular complexity index is 444. The Labute approximate surface area is 110 Å². The quantitative estimate of drug-likeness (QED) is 0.586. The van der Waals surface area contributed by atoms with Crippen LogP contribution in [-0.2, 0) is 9.53 Å². The average molecular weight is 273 g/mol. The average Bonchev–Trinajstić information content (AvgIpc) is 2.36. The molecule has 98 valence electrons. The monoisotopic (exact) mass is 272 g/mol. The summed E-state index contributed by atoms with van der Waals surface area (Å²) < 4.78 is 15.0. The molecule has 0 N–H and O–H groups in total. The minimum Gasteiger partial charge on any atom is -0.493 e. The largest absolute Gasteiger partial charge is 0.493 e. The first kappa shape index (κ1) is 14.3. The molecule has 0 amide bonds. The van der Waals surface area contributed by atoms with Crippen molar-refractivity contribution in [2.24, 2.45) is 0 Å². The fraction of sp³-hybridized carbons (Fsp3) is 0.333. The fourth-order valence-electron chi connectivity index (χ4n) is 1.25. The minimum absolute atomic E-state index is 0.227. The Balaban J connectivity index is 2.84. The number of esters is 1. The van der Waals surface area contributed by atoms with E-state index in [1.807, 2.05) is 0 Å². The van der Waals surface area contributed by atoms with Crippen molar-refractivity contribution in [1.29, 1.82) is 0 Å². The van der Waals surface area contributed by atoms with Gasteiger partial charge in [-0.15, -0.1) is 0 Å². The zero-order valence-electron chi connectivity index (χ0n) is 10.1. The fourth-order valence-corrected chi connectivity index (χ4v) is 1.45. The van der Waals surface area contributed by atoms with Crippen LogP contribution in [-0.4, -0.2) is 32.6 Å². The Morgan fingerprint density at radius 3 is 2.67 bits per heavy atom. The van der Waals surface area contributed by atoms with Crippen molar-refractivity contribution < 1.29 is 23.8 Å². The van der Waals surface area contributed by atoms with Gasteiger partial charge in [0.2, 0.25) is 0 Å². The number of hydrogen-bond acceptors (Lipinski definition) is 5. The van der Waals surface area contributed by atoms with Gasteiger partial charge < -0.3 is 14.2 Å². The summed E-state index contributed by atoms with van der Waals surface area (Å²) in [4.78, 5) is 21.8. The third-order valence-electron chi connectivity index (χ3n) is 2.06. The topological polar surface area (TPSA) is 61.8 Å². The van der Waals surface area contributed by atoms with E-state index in [4.69, 9.17) is 25.8 Å². The van der Waals surface area contributed by atoms with Gasteiger partial charge in [-0.2, -0.15) is 0 Å². The second-order valence-corrected chi connectivity index (χ2v) is 3.64. The normalized spacial score (nSPS) is 9.72. The molecule has 0 aliphatic heterocycles. The second-order valence-electron chi connectivity index (χ2n) is 3.24. The molecule has 0 saturated carbocycles. The minimum atomic E-state index is -0.491. The van der Waals surface area contributed by atoms with Crippen LogP contribution >= 0.6 is 11.6 Å². The van der Waals surface area contributed by atoms with E-state index >= 15 is 0 Å². The summed E-state index contributed by atoms with van der Waals surface area (Å²) in [5.41, 5.74) is 0.289. The summed E-state index contributed by atoms with van der Waals surface area (Å²) >= 11 is 5.85. The van der Waals surface area contributed by atoms with Crippen molar-refractivity contribution in [2.75, 3.05) is 20.3 Å². The van der Waals surface area contributed by atoms with Gasteiger partial charge in [0.25, 0.3) is 0 Å². The standard InChI is InChI=1S/C12H13ClO5/c1-3-17-12(15)7-18-11-5-9(13)8(6-14)4-10(11)16-2/h4-6H,3,7H2,1-2H3. The lowest BCUT2D eigenvalue weighted by molar-refractivity contribution is -0.145. The van der Waals surface area contributed by atoms with Crippen molar-refractivity contribution in [2.45, 2.75) is 6.92 Å². The van der Waals surface area contributed by atoms with Gasteiger partial charge in [0.15, 0.2) is 24.4 Å². The molecule has 0 aromatic heterocycles. The third-order valence-corrected chi connectivity index (χ3v) is 2.39. The van der Waals surface area contributed by atoms with Crippen molar-refractivity contribution >= 4 is 23.9 Å². The highest BCUT2D eigenvalue weighted by Crippen LogP contribution is 2.32. The molecule has 1 aromatic carbocycles. The molecule has 0 unspecified atom stereocenters. The van der Waals surface area contributed by atoms with Crippen LogP contribution in [0.2, 0.25) is 5.02 Å². The highest BCUT2D eigenvalue weighted by Gasteiger charge is 2.12. The summed E-state index contributed by atoms with van der Waals surface area (Å²) in [6, 6.07) is 2.86. The van der Waals surface area contributed by atoms with E-state index in [9.17, 15) is 9.59 Å². The number of aldehydes is 1. The Kier molecular flexibility index (Phi) is 5.45. The maximum atomic E-state index is 11.1. The molecule has 0 heterocycles. The van der Waals surface area contributed by atoms with Crippen LogP contribution in [0.25, 0.3) is 0 Å². The lowest BCUT2D eigenvalue weighted by Gasteiger charge is -2.11. The van der Waals surface area contributed by atoms with Gasteiger partial charge in [0, 0.05) is 11.6 Å². The number of carbonyl (C=O) groups excluding carboxylic acids is 2. The molecule has 0 atom stereocenters. The number of ether oxygens (including phenoxy) is 3. The summed E-state index contributed by atoms with van der Waals surface area (Å²) in [6.45, 7) is 1.74. The number of methoxy groups -OCH3 is 1. The zero-order valence-corrected chi connectivity index (χ0v) is 10.8. The van der Waals surface area contributed by atoms with Gasteiger partial charge >= 0.3 is 5.97 Å². The molecule has 0 saturated heterocycles. The molecule has 18 heavy (non-hydrogen) atoms. The van der Waals surface area contributed by atoms with Crippen molar-refractivity contribution in [1.82, 2.24) is 0 Å². The Morgan fingerprint density at radius 2 is 2.11 bits per heavy atom. The summed E-state index contributed by atoms with van der Waals surface area (Å²) in [7, 11) is 1.43. The van der Waals surface area contributed by atoms with Gasteiger partial charge in [-0.25, -0.2) is 4.79 Å². The third kappa shape index (κ3) is 3.63. The molecule has 5 nitrogen and oxygen atoms in total. The van der Waals surface area contributed by atoms with Crippen molar-refractivity contribution in [3.8, 4) is 11.5 Å². The van der Waals surface area contributed by atoms with Crippen LogP contribution in [0.5, 0.6) is 11.5 Å². The lowest BCUT2D eigenvalue weighted by atomic mass is 10.2. The van der Waals surface area contributed by atoms with Gasteiger partial charge in [0.1, 0.15) is 0 Å². The van der Waals surface area contributed by atoms with Gasteiger partial charge in [0.05, 0.1) is 18.7 Å². The second kappa shape index (κ2) is 6.86. The Morgan fingerprint density at radius 1 is 1.39 bits per heavy atom. The van der Waals surface area contributed by atoms with Crippen LogP contribution < -0.4 is 9.47 Å². The molecule has 0 fully saturated rings. The smallest absolute Gasteiger partial charge is 0.344 e. The first-order valence-electron chi connectivity index (χ1n) is 5.23. The first-order chi connectivity index (χ1) is 8.62. The number of hydrogen-bond donors (Lipinski definition) is 0. The number of halogens is 1. The van der Waals surface area contributed by atoms with Crippen molar-refractivity contribution in [3.63, 3.8) is 0 Å². The number of carbonyl (C=O) groups is 2. The molecule has 0 aliphatic rings. The van der Waals surface area contributed by atoms with E-state index in [1.165, 1.54) is 19.2 Å². The van der Waals surface area contributed by atoms with E-state index in [-0.39, 0.29) is 29.5 Å². The molecule has 1 aromatic rings. The van der Waals surface area contributed by atoms with E-state index in [1.54, 1.807) is 6.92 Å². The van der Waals surface area contributed by atoms with Gasteiger partial charge in [-0.1, -0.05) is 11.6 Å². The van der Waals surface area contributed by atoms with Gasteiger partial charge in [-0.05, 0) is 13.0 Å². The molecule has 0 radical (unpaired) electrons. The predicted octanol–water partition coefficient (Wildman–Crippen LogP) is 2.10. The summed E-state index contributed by atoms with van der Waals surface area (Å²) in [5.74, 6) is 0.113. The number of rotatable bonds is 6. The maximum Gasteiger partial charge on any atom is 0.344 e. The van der Waals surface area contributed by atoms with E-state index in [0.717, 1.165) is 0 Å². The molecule has 0 aliphatic carbocycles. The predicted molar refractivity (Wildman–Crippen MR) is 65.5 cm³/mol. The highest BCUT2D eigenvalue weighted by atomic mass is 35.5. The van der Waals surface area contributed by atoms with Crippen LogP contribution in [0.15, 0.2) is 12.1 Å². The van der Waals surface area contributed by atoms with E-state index in [0.29, 0.717) is 12.0 Å². The van der Waals surface area contributed by atoms with Crippen LogP contribution in [0, 0.1) is 0 Å². The van der Waals surface area contributed by atoms with E-state index in [2.05, 4.69) is 0 Å². The number of benzene rings is 1. The van der Waals surface area contributed by atoms with Crippen LogP contribution in [0.3, 0.4) is 0 Å².